The van der Waals surface area contributed by atoms with Gasteiger partial charge in [0.1, 0.15) is 10.4 Å². The van der Waals surface area contributed by atoms with Gasteiger partial charge in [-0.15, -0.1) is 10.2 Å². The Balaban J connectivity index is 1.58. The quantitative estimate of drug-likeness (QED) is 0.676. The predicted molar refractivity (Wildman–Crippen MR) is 85.8 cm³/mol. The van der Waals surface area contributed by atoms with E-state index in [4.69, 9.17) is 0 Å². The molecule has 1 unspecified atom stereocenters. The molecule has 1 aliphatic heterocycles. The second-order valence-corrected chi connectivity index (χ2v) is 7.21. The maximum Gasteiger partial charge on any atom is 0.265 e. The first-order chi connectivity index (χ1) is 11.1. The molecule has 1 amide bonds. The molecule has 3 aromatic rings. The summed E-state index contributed by atoms with van der Waals surface area (Å²) >= 11 is 2.77. The number of hydrogen-bond acceptors (Lipinski definition) is 8. The van der Waals surface area contributed by atoms with Crippen LogP contribution in [0.3, 0.4) is 0 Å². The van der Waals surface area contributed by atoms with E-state index in [1.807, 2.05) is 6.92 Å². The number of H-pyrrole nitrogens is 1. The van der Waals surface area contributed by atoms with Crippen molar-refractivity contribution in [1.29, 1.82) is 0 Å². The number of nitrogens with one attached hydrogen (secondary N) is 2. The molecule has 2 N–H and O–H groups in total. The molecule has 0 aromatic carbocycles. The topological polar surface area (TPSA) is 118 Å². The number of carbonyl (C=O) groups is 1. The standard InChI is InChI=1S/C12H11N7O2S2/c1-5-16-18-11(23-5)14-8(20)2-6-4-22-12-15-9-7(3-13-17-9)10(21)19(6)12/h3,6H,2,4H2,1H3,(H,13,17)(H,14,18,20). The second kappa shape index (κ2) is 5.42. The van der Waals surface area contributed by atoms with E-state index in [-0.39, 0.29) is 23.9 Å². The Hall–Kier alpha value is -2.27. The van der Waals surface area contributed by atoms with Crippen LogP contribution in [0.5, 0.6) is 0 Å². The number of aryl methyl sites for hydroxylation is 1. The number of carbonyl (C=O) groups excluding carboxylic acids is 1. The van der Waals surface area contributed by atoms with Crippen molar-refractivity contribution in [2.45, 2.75) is 24.5 Å². The van der Waals surface area contributed by atoms with Crippen LogP contribution in [0, 0.1) is 6.92 Å². The number of rotatable bonds is 3. The highest BCUT2D eigenvalue weighted by Crippen LogP contribution is 2.33. The molecule has 0 saturated heterocycles. The Morgan fingerprint density at radius 3 is 3.17 bits per heavy atom. The number of hydrogen-bond donors (Lipinski definition) is 2. The van der Waals surface area contributed by atoms with Gasteiger partial charge < -0.3 is 5.32 Å². The zero-order valence-corrected chi connectivity index (χ0v) is 13.6. The average Bonchev–Trinajstić information content (AvgIpc) is 3.20. The number of amides is 1. The number of nitrogens with zero attached hydrogens (tertiary/aromatic N) is 5. The maximum atomic E-state index is 12.5. The highest BCUT2D eigenvalue weighted by molar-refractivity contribution is 7.99. The largest absolute Gasteiger partial charge is 0.300 e. The van der Waals surface area contributed by atoms with E-state index in [0.29, 0.717) is 27.1 Å². The van der Waals surface area contributed by atoms with Crippen molar-refractivity contribution in [3.63, 3.8) is 0 Å². The van der Waals surface area contributed by atoms with Crippen LogP contribution in [0.1, 0.15) is 17.5 Å². The smallest absolute Gasteiger partial charge is 0.265 e. The number of aromatic nitrogens is 6. The summed E-state index contributed by atoms with van der Waals surface area (Å²) in [6.45, 7) is 1.82. The van der Waals surface area contributed by atoms with Crippen molar-refractivity contribution < 1.29 is 4.79 Å². The van der Waals surface area contributed by atoms with E-state index in [0.717, 1.165) is 5.01 Å². The molecule has 0 radical (unpaired) electrons. The Kier molecular flexibility index (Phi) is 3.38. The van der Waals surface area contributed by atoms with Gasteiger partial charge in [-0.05, 0) is 6.92 Å². The summed E-state index contributed by atoms with van der Waals surface area (Å²) in [7, 11) is 0. The fourth-order valence-electron chi connectivity index (χ4n) is 2.44. The van der Waals surface area contributed by atoms with Crippen molar-refractivity contribution >= 4 is 45.2 Å². The molecule has 4 rings (SSSR count). The zero-order chi connectivity index (χ0) is 16.0. The van der Waals surface area contributed by atoms with Crippen LogP contribution in [0.15, 0.2) is 16.1 Å². The van der Waals surface area contributed by atoms with Crippen molar-refractivity contribution in [1.82, 2.24) is 29.9 Å². The van der Waals surface area contributed by atoms with Crippen molar-refractivity contribution in [3.8, 4) is 0 Å². The Labute approximate surface area is 137 Å². The number of fused-ring (bicyclic) bond motifs is 2. The molecule has 1 aliphatic rings. The highest BCUT2D eigenvalue weighted by Gasteiger charge is 2.29. The first-order valence-electron chi connectivity index (χ1n) is 6.80. The summed E-state index contributed by atoms with van der Waals surface area (Å²) in [4.78, 5) is 29.1. The minimum atomic E-state index is -0.233. The van der Waals surface area contributed by atoms with Crippen LogP contribution in [0.25, 0.3) is 11.0 Å². The molecule has 1 atom stereocenters. The molecule has 3 aromatic heterocycles. The lowest BCUT2D eigenvalue weighted by atomic mass is 10.2. The summed E-state index contributed by atoms with van der Waals surface area (Å²) in [5.74, 6) is 0.434. The molecule has 4 heterocycles. The SMILES string of the molecule is Cc1nnc(NC(=O)CC2CSc3nc4[nH]ncc4c(=O)n32)s1. The predicted octanol–water partition coefficient (Wildman–Crippen LogP) is 0.955. The first-order valence-corrected chi connectivity index (χ1v) is 8.60. The lowest BCUT2D eigenvalue weighted by Crippen LogP contribution is -2.27. The number of anilines is 1. The van der Waals surface area contributed by atoms with E-state index in [2.05, 4.69) is 30.7 Å². The molecule has 118 valence electrons. The molecule has 0 saturated carbocycles. The van der Waals surface area contributed by atoms with Gasteiger partial charge in [0.05, 0.1) is 12.2 Å². The highest BCUT2D eigenvalue weighted by atomic mass is 32.2. The third-order valence-electron chi connectivity index (χ3n) is 3.45. The molecule has 0 bridgehead atoms. The van der Waals surface area contributed by atoms with Crippen LogP contribution in [-0.4, -0.2) is 41.6 Å². The van der Waals surface area contributed by atoms with Gasteiger partial charge in [0.2, 0.25) is 11.0 Å². The summed E-state index contributed by atoms with van der Waals surface area (Å²) in [6, 6.07) is -0.233. The number of thioether (sulfide) groups is 1. The van der Waals surface area contributed by atoms with Gasteiger partial charge in [-0.3, -0.25) is 19.3 Å². The molecule has 11 heteroatoms. The molecular formula is C12H11N7O2S2. The Morgan fingerprint density at radius 2 is 2.39 bits per heavy atom. The van der Waals surface area contributed by atoms with E-state index >= 15 is 0 Å². The first kappa shape index (κ1) is 14.3. The summed E-state index contributed by atoms with van der Waals surface area (Å²) in [5, 5.41) is 19.3. The van der Waals surface area contributed by atoms with E-state index in [9.17, 15) is 9.59 Å². The maximum absolute atomic E-state index is 12.5. The van der Waals surface area contributed by atoms with Crippen molar-refractivity contribution in [3.05, 3.63) is 21.6 Å². The molecule has 9 nitrogen and oxygen atoms in total. The van der Waals surface area contributed by atoms with Gasteiger partial charge in [0, 0.05) is 12.2 Å². The minimum Gasteiger partial charge on any atom is -0.300 e. The Morgan fingerprint density at radius 1 is 1.52 bits per heavy atom. The molecular weight excluding hydrogens is 338 g/mol. The monoisotopic (exact) mass is 349 g/mol. The third kappa shape index (κ3) is 2.51. The van der Waals surface area contributed by atoms with Gasteiger partial charge in [-0.1, -0.05) is 23.1 Å². The summed E-state index contributed by atoms with van der Waals surface area (Å²) in [6.07, 6.45) is 1.64. The van der Waals surface area contributed by atoms with Crippen molar-refractivity contribution in [2.24, 2.45) is 0 Å². The van der Waals surface area contributed by atoms with Crippen LogP contribution in [0.2, 0.25) is 0 Å². The fraction of sp³-hybridized carbons (Fsp3) is 0.333. The Bertz CT molecular complexity index is 960. The van der Waals surface area contributed by atoms with Gasteiger partial charge in [0.25, 0.3) is 5.56 Å². The summed E-state index contributed by atoms with van der Waals surface area (Å²) < 4.78 is 1.58. The number of aromatic amines is 1. The minimum absolute atomic E-state index is 0.173. The zero-order valence-electron chi connectivity index (χ0n) is 11.9. The molecule has 23 heavy (non-hydrogen) atoms. The van der Waals surface area contributed by atoms with Crippen LogP contribution in [0.4, 0.5) is 5.13 Å². The normalized spacial score (nSPS) is 16.7. The summed E-state index contributed by atoms with van der Waals surface area (Å²) in [5.41, 5.74) is 0.302. The van der Waals surface area contributed by atoms with E-state index in [1.54, 1.807) is 4.57 Å². The molecule has 0 aliphatic carbocycles. The third-order valence-corrected chi connectivity index (χ3v) is 5.30. The van der Waals surface area contributed by atoms with Gasteiger partial charge in [-0.25, -0.2) is 4.98 Å². The van der Waals surface area contributed by atoms with Crippen LogP contribution < -0.4 is 10.9 Å². The van der Waals surface area contributed by atoms with Crippen molar-refractivity contribution in [2.75, 3.05) is 11.1 Å². The van der Waals surface area contributed by atoms with Crippen LogP contribution >= 0.6 is 23.1 Å². The van der Waals surface area contributed by atoms with Crippen LogP contribution in [-0.2, 0) is 4.79 Å². The van der Waals surface area contributed by atoms with Gasteiger partial charge in [0.15, 0.2) is 10.8 Å². The lowest BCUT2D eigenvalue weighted by molar-refractivity contribution is -0.116. The second-order valence-electron chi connectivity index (χ2n) is 5.05. The van der Waals surface area contributed by atoms with Gasteiger partial charge in [-0.2, -0.15) is 5.10 Å². The average molecular weight is 349 g/mol. The van der Waals surface area contributed by atoms with E-state index < -0.39 is 0 Å². The lowest BCUT2D eigenvalue weighted by Gasteiger charge is -2.12. The molecule has 0 spiro atoms. The van der Waals surface area contributed by atoms with Gasteiger partial charge >= 0.3 is 0 Å². The fourth-order valence-corrected chi connectivity index (χ4v) is 4.18. The van der Waals surface area contributed by atoms with E-state index in [1.165, 1.54) is 29.3 Å². The molecule has 0 fully saturated rings.